The van der Waals surface area contributed by atoms with Crippen molar-refractivity contribution < 1.29 is 14.9 Å². The number of aliphatic hydroxyl groups is 2. The van der Waals surface area contributed by atoms with Crippen LogP contribution in [0.2, 0.25) is 0 Å². The van der Waals surface area contributed by atoms with Gasteiger partial charge in [0, 0.05) is 6.42 Å². The molecule has 0 aromatic heterocycles. The minimum Gasteiger partial charge on any atom is -0.388 e. The SMILES string of the molecule is C[C@@H]1OC(O)C[C@](C)(O)[C@@H]1N(C)C. The van der Waals surface area contributed by atoms with Gasteiger partial charge in [-0.25, -0.2) is 0 Å². The van der Waals surface area contributed by atoms with E-state index in [0.717, 1.165) is 0 Å². The molecule has 0 spiro atoms. The maximum Gasteiger partial charge on any atom is 0.157 e. The van der Waals surface area contributed by atoms with Gasteiger partial charge in [-0.15, -0.1) is 0 Å². The normalized spacial score (nSPS) is 46.8. The second-order valence-corrected chi connectivity index (χ2v) is 4.27. The van der Waals surface area contributed by atoms with Crippen LogP contribution in [0.1, 0.15) is 20.3 Å². The molecule has 13 heavy (non-hydrogen) atoms. The Kier molecular flexibility index (Phi) is 2.97. The van der Waals surface area contributed by atoms with Crippen molar-refractivity contribution in [3.8, 4) is 0 Å². The van der Waals surface area contributed by atoms with Crippen molar-refractivity contribution in [1.29, 1.82) is 0 Å². The molecule has 4 atom stereocenters. The largest absolute Gasteiger partial charge is 0.388 e. The molecule has 1 aliphatic rings. The summed E-state index contributed by atoms with van der Waals surface area (Å²) < 4.78 is 5.25. The third-order valence-corrected chi connectivity index (χ3v) is 2.60. The maximum absolute atomic E-state index is 10.1. The second-order valence-electron chi connectivity index (χ2n) is 4.27. The lowest BCUT2D eigenvalue weighted by atomic mass is 9.86. The van der Waals surface area contributed by atoms with E-state index in [0.29, 0.717) is 0 Å². The molecule has 1 unspecified atom stereocenters. The number of nitrogens with zero attached hydrogens (tertiary/aromatic N) is 1. The van der Waals surface area contributed by atoms with E-state index in [9.17, 15) is 10.2 Å². The van der Waals surface area contributed by atoms with Gasteiger partial charge in [0.25, 0.3) is 0 Å². The summed E-state index contributed by atoms with van der Waals surface area (Å²) in [5, 5.41) is 19.4. The van der Waals surface area contributed by atoms with Gasteiger partial charge < -0.3 is 19.8 Å². The Morgan fingerprint density at radius 2 is 2.00 bits per heavy atom. The van der Waals surface area contributed by atoms with Crippen LogP contribution in [0, 0.1) is 0 Å². The van der Waals surface area contributed by atoms with Gasteiger partial charge in [-0.1, -0.05) is 0 Å². The third kappa shape index (κ3) is 2.20. The molecule has 4 nitrogen and oxygen atoms in total. The van der Waals surface area contributed by atoms with E-state index in [2.05, 4.69) is 0 Å². The van der Waals surface area contributed by atoms with Gasteiger partial charge in [-0.2, -0.15) is 0 Å². The van der Waals surface area contributed by atoms with Crippen molar-refractivity contribution in [3.05, 3.63) is 0 Å². The van der Waals surface area contributed by atoms with E-state index in [4.69, 9.17) is 4.74 Å². The third-order valence-electron chi connectivity index (χ3n) is 2.60. The van der Waals surface area contributed by atoms with Gasteiger partial charge in [-0.05, 0) is 27.9 Å². The van der Waals surface area contributed by atoms with Crippen LogP contribution in [0.25, 0.3) is 0 Å². The number of hydrogen-bond acceptors (Lipinski definition) is 4. The Hall–Kier alpha value is -0.160. The molecule has 0 radical (unpaired) electrons. The van der Waals surface area contributed by atoms with E-state index in [-0.39, 0.29) is 18.6 Å². The van der Waals surface area contributed by atoms with Gasteiger partial charge in [0.1, 0.15) is 0 Å². The first-order chi connectivity index (χ1) is 5.84. The van der Waals surface area contributed by atoms with E-state index in [1.54, 1.807) is 6.92 Å². The highest BCUT2D eigenvalue weighted by Crippen LogP contribution is 2.30. The molecular formula is C9H19NO3. The summed E-state index contributed by atoms with van der Waals surface area (Å²) >= 11 is 0. The number of ether oxygens (including phenoxy) is 1. The molecule has 1 aliphatic heterocycles. The number of rotatable bonds is 1. The number of likely N-dealkylation sites (N-methyl/N-ethyl adjacent to an activating group) is 1. The molecule has 0 aromatic carbocycles. The molecule has 1 saturated heterocycles. The summed E-state index contributed by atoms with van der Waals surface area (Å²) in [5.41, 5.74) is -0.888. The Bertz CT molecular complexity index is 182. The fraction of sp³-hybridized carbons (Fsp3) is 1.00. The van der Waals surface area contributed by atoms with Crippen molar-refractivity contribution in [2.24, 2.45) is 0 Å². The number of hydrogen-bond donors (Lipinski definition) is 2. The summed E-state index contributed by atoms with van der Waals surface area (Å²) in [6, 6.07) is -0.0732. The van der Waals surface area contributed by atoms with Crippen molar-refractivity contribution >= 4 is 0 Å². The van der Waals surface area contributed by atoms with Crippen molar-refractivity contribution in [2.45, 2.75) is 44.3 Å². The van der Waals surface area contributed by atoms with Crippen molar-refractivity contribution in [3.63, 3.8) is 0 Å². The molecule has 78 valence electrons. The zero-order valence-electron chi connectivity index (χ0n) is 8.69. The van der Waals surface area contributed by atoms with Crippen molar-refractivity contribution in [1.82, 2.24) is 4.90 Å². The molecule has 2 N–H and O–H groups in total. The Labute approximate surface area is 79.1 Å². The van der Waals surface area contributed by atoms with E-state index in [1.165, 1.54) is 0 Å². The molecule has 4 heteroatoms. The lowest BCUT2D eigenvalue weighted by Crippen LogP contribution is -2.60. The molecule has 0 amide bonds. The topological polar surface area (TPSA) is 52.9 Å². The fourth-order valence-corrected chi connectivity index (χ4v) is 2.33. The monoisotopic (exact) mass is 189 g/mol. The Balaban J connectivity index is 2.79. The van der Waals surface area contributed by atoms with Gasteiger partial charge in [0.15, 0.2) is 6.29 Å². The van der Waals surface area contributed by atoms with Gasteiger partial charge in [0.2, 0.25) is 0 Å². The molecular weight excluding hydrogens is 170 g/mol. The van der Waals surface area contributed by atoms with Crippen LogP contribution in [0.3, 0.4) is 0 Å². The summed E-state index contributed by atoms with van der Waals surface area (Å²) in [7, 11) is 3.80. The highest BCUT2D eigenvalue weighted by molar-refractivity contribution is 4.95. The Morgan fingerprint density at radius 1 is 1.46 bits per heavy atom. The molecule has 1 heterocycles. The van der Waals surface area contributed by atoms with Gasteiger partial charge in [-0.3, -0.25) is 0 Å². The Morgan fingerprint density at radius 3 is 2.38 bits per heavy atom. The first kappa shape index (κ1) is 10.9. The highest BCUT2D eigenvalue weighted by atomic mass is 16.6. The average Bonchev–Trinajstić information content (AvgIpc) is 1.78. The van der Waals surface area contributed by atoms with E-state index < -0.39 is 11.9 Å². The first-order valence-corrected chi connectivity index (χ1v) is 4.57. The minimum absolute atomic E-state index is 0.0732. The standard InChI is InChI=1S/C9H19NO3/c1-6-8(10(3)4)9(2,12)5-7(11)13-6/h6-8,11-12H,5H2,1-4H3/t6-,7?,8+,9-/m0/s1. The van der Waals surface area contributed by atoms with Crippen LogP contribution in [-0.4, -0.2) is 53.2 Å². The molecule has 1 fully saturated rings. The molecule has 0 saturated carbocycles. The zero-order valence-corrected chi connectivity index (χ0v) is 8.69. The predicted octanol–water partition coefficient (Wildman–Crippen LogP) is -0.205. The zero-order chi connectivity index (χ0) is 10.2. The van der Waals surface area contributed by atoms with E-state index >= 15 is 0 Å². The van der Waals surface area contributed by atoms with Crippen LogP contribution >= 0.6 is 0 Å². The molecule has 1 rings (SSSR count). The fourth-order valence-electron chi connectivity index (χ4n) is 2.33. The maximum atomic E-state index is 10.1. The lowest BCUT2D eigenvalue weighted by molar-refractivity contribution is -0.237. The smallest absolute Gasteiger partial charge is 0.157 e. The predicted molar refractivity (Wildman–Crippen MR) is 49.3 cm³/mol. The quantitative estimate of drug-likeness (QED) is 0.599. The van der Waals surface area contributed by atoms with Crippen molar-refractivity contribution in [2.75, 3.05) is 14.1 Å². The van der Waals surface area contributed by atoms with Crippen LogP contribution in [-0.2, 0) is 4.74 Å². The average molecular weight is 189 g/mol. The van der Waals surface area contributed by atoms with Gasteiger partial charge in [0.05, 0.1) is 17.7 Å². The lowest BCUT2D eigenvalue weighted by Gasteiger charge is -2.46. The first-order valence-electron chi connectivity index (χ1n) is 4.57. The van der Waals surface area contributed by atoms with Crippen LogP contribution < -0.4 is 0 Å². The second kappa shape index (κ2) is 3.53. The summed E-state index contributed by atoms with van der Waals surface area (Å²) in [5.74, 6) is 0. The van der Waals surface area contributed by atoms with Crippen LogP contribution in [0.15, 0.2) is 0 Å². The molecule has 0 aliphatic carbocycles. The van der Waals surface area contributed by atoms with E-state index in [1.807, 2.05) is 25.9 Å². The summed E-state index contributed by atoms with van der Waals surface area (Å²) in [4.78, 5) is 1.93. The molecule has 0 aromatic rings. The van der Waals surface area contributed by atoms with Crippen LogP contribution in [0.5, 0.6) is 0 Å². The highest BCUT2D eigenvalue weighted by Gasteiger charge is 2.44. The van der Waals surface area contributed by atoms with Gasteiger partial charge >= 0.3 is 0 Å². The van der Waals surface area contributed by atoms with Crippen LogP contribution in [0.4, 0.5) is 0 Å². The number of aliphatic hydroxyl groups excluding tert-OH is 1. The summed E-state index contributed by atoms with van der Waals surface area (Å²) in [6.07, 6.45) is -0.741. The summed E-state index contributed by atoms with van der Waals surface area (Å²) in [6.45, 7) is 3.60. The molecule has 0 bridgehead atoms. The minimum atomic E-state index is -0.888.